The largest absolute Gasteiger partial charge is 0.497 e. The topological polar surface area (TPSA) is 82.2 Å². The molecule has 0 unspecified atom stereocenters. The fourth-order valence-electron chi connectivity index (χ4n) is 2.88. The molecule has 2 aromatic heterocycles. The zero-order chi connectivity index (χ0) is 20.9. The molecule has 0 spiro atoms. The van der Waals surface area contributed by atoms with Crippen LogP contribution in [0.3, 0.4) is 0 Å². The second-order valence-corrected chi connectivity index (χ2v) is 7.47. The second kappa shape index (κ2) is 8.87. The lowest BCUT2D eigenvalue weighted by Crippen LogP contribution is -2.14. The Hall–Kier alpha value is -3.52. The molecule has 1 amide bonds. The van der Waals surface area contributed by atoms with Gasteiger partial charge in [0.15, 0.2) is 10.9 Å². The Morgan fingerprint density at radius 2 is 1.97 bits per heavy atom. The van der Waals surface area contributed by atoms with Gasteiger partial charge in [-0.25, -0.2) is 0 Å². The Bertz CT molecular complexity index is 1140. The molecule has 0 bridgehead atoms. The summed E-state index contributed by atoms with van der Waals surface area (Å²) in [5.74, 6) is 1.91. The van der Waals surface area contributed by atoms with E-state index in [0.29, 0.717) is 28.2 Å². The molecule has 8 heteroatoms. The van der Waals surface area contributed by atoms with Gasteiger partial charge in [0, 0.05) is 17.4 Å². The van der Waals surface area contributed by atoms with Gasteiger partial charge in [-0.15, -0.1) is 10.2 Å². The average molecular weight is 420 g/mol. The molecule has 0 aliphatic heterocycles. The number of furan rings is 1. The molecule has 0 aliphatic rings. The van der Waals surface area contributed by atoms with Gasteiger partial charge in [-0.05, 0) is 43.3 Å². The SMILES string of the molecule is COc1cccc(NC(=O)CSc2nnc(-c3ccco3)n2-c2ccc(C)cc2)c1. The van der Waals surface area contributed by atoms with Gasteiger partial charge in [0.1, 0.15) is 5.75 Å². The zero-order valence-corrected chi connectivity index (χ0v) is 17.3. The summed E-state index contributed by atoms with van der Waals surface area (Å²) < 4.78 is 12.6. The van der Waals surface area contributed by atoms with Gasteiger partial charge in [0.25, 0.3) is 0 Å². The van der Waals surface area contributed by atoms with Crippen molar-refractivity contribution in [2.45, 2.75) is 12.1 Å². The minimum atomic E-state index is -0.147. The highest BCUT2D eigenvalue weighted by Gasteiger charge is 2.19. The van der Waals surface area contributed by atoms with E-state index in [1.54, 1.807) is 25.5 Å². The van der Waals surface area contributed by atoms with Crippen LogP contribution in [0.2, 0.25) is 0 Å². The number of aromatic nitrogens is 3. The third kappa shape index (κ3) is 4.38. The Kier molecular flexibility index (Phi) is 5.85. The van der Waals surface area contributed by atoms with Gasteiger partial charge in [0.2, 0.25) is 11.7 Å². The molecule has 0 saturated heterocycles. The van der Waals surface area contributed by atoms with Gasteiger partial charge >= 0.3 is 0 Å². The van der Waals surface area contributed by atoms with Gasteiger partial charge in [0.05, 0.1) is 19.1 Å². The van der Waals surface area contributed by atoms with E-state index in [-0.39, 0.29) is 11.7 Å². The zero-order valence-electron chi connectivity index (χ0n) is 16.5. The maximum atomic E-state index is 12.5. The van der Waals surface area contributed by atoms with E-state index in [0.717, 1.165) is 11.3 Å². The van der Waals surface area contributed by atoms with Crippen LogP contribution in [0.5, 0.6) is 5.75 Å². The van der Waals surface area contributed by atoms with Crippen LogP contribution in [-0.4, -0.2) is 33.5 Å². The number of benzene rings is 2. The molecule has 1 N–H and O–H groups in total. The van der Waals surface area contributed by atoms with Crippen LogP contribution in [0.25, 0.3) is 17.3 Å². The highest BCUT2D eigenvalue weighted by Crippen LogP contribution is 2.28. The van der Waals surface area contributed by atoms with E-state index >= 15 is 0 Å². The first kappa shape index (κ1) is 19.8. The maximum Gasteiger partial charge on any atom is 0.234 e. The molecule has 7 nitrogen and oxygen atoms in total. The number of amides is 1. The van der Waals surface area contributed by atoms with E-state index in [2.05, 4.69) is 15.5 Å². The van der Waals surface area contributed by atoms with Crippen molar-refractivity contribution in [2.24, 2.45) is 0 Å². The fraction of sp³-hybridized carbons (Fsp3) is 0.136. The summed E-state index contributed by atoms with van der Waals surface area (Å²) in [5.41, 5.74) is 2.72. The first-order valence-corrected chi connectivity index (χ1v) is 10.3. The van der Waals surface area contributed by atoms with Crippen molar-refractivity contribution in [3.8, 4) is 23.0 Å². The summed E-state index contributed by atoms with van der Waals surface area (Å²) in [4.78, 5) is 12.5. The average Bonchev–Trinajstić information content (AvgIpc) is 3.43. The first-order chi connectivity index (χ1) is 14.6. The number of nitrogens with zero attached hydrogens (tertiary/aromatic N) is 3. The third-order valence-electron chi connectivity index (χ3n) is 4.35. The number of anilines is 1. The Labute approximate surface area is 178 Å². The molecule has 4 aromatic rings. The number of nitrogens with one attached hydrogen (secondary N) is 1. The number of carbonyl (C=O) groups is 1. The number of methoxy groups -OCH3 is 1. The van der Waals surface area contributed by atoms with E-state index < -0.39 is 0 Å². The quantitative estimate of drug-likeness (QED) is 0.441. The van der Waals surface area contributed by atoms with Crippen LogP contribution in [0.15, 0.2) is 76.5 Å². The monoisotopic (exact) mass is 420 g/mol. The van der Waals surface area contributed by atoms with Gasteiger partial charge in [-0.2, -0.15) is 0 Å². The predicted molar refractivity (Wildman–Crippen MR) is 116 cm³/mol. The van der Waals surface area contributed by atoms with Gasteiger partial charge in [-0.1, -0.05) is 35.5 Å². The lowest BCUT2D eigenvalue weighted by molar-refractivity contribution is -0.113. The standard InChI is InChI=1S/C22H20N4O3S/c1-15-8-10-17(11-9-15)26-21(19-7-4-12-29-19)24-25-22(26)30-14-20(27)23-16-5-3-6-18(13-16)28-2/h3-13H,14H2,1-2H3,(H,23,27). The van der Waals surface area contributed by atoms with Crippen molar-refractivity contribution in [3.05, 3.63) is 72.5 Å². The van der Waals surface area contributed by atoms with Crippen molar-refractivity contribution in [1.29, 1.82) is 0 Å². The number of hydrogen-bond donors (Lipinski definition) is 1. The lowest BCUT2D eigenvalue weighted by atomic mass is 10.2. The van der Waals surface area contributed by atoms with Crippen molar-refractivity contribution < 1.29 is 13.9 Å². The highest BCUT2D eigenvalue weighted by atomic mass is 32.2. The Balaban J connectivity index is 1.55. The van der Waals surface area contributed by atoms with E-state index in [9.17, 15) is 4.79 Å². The summed E-state index contributed by atoms with van der Waals surface area (Å²) >= 11 is 1.31. The van der Waals surface area contributed by atoms with Crippen LogP contribution in [0.1, 0.15) is 5.56 Å². The highest BCUT2D eigenvalue weighted by molar-refractivity contribution is 7.99. The number of hydrogen-bond acceptors (Lipinski definition) is 6. The molecule has 0 saturated carbocycles. The molecule has 0 fully saturated rings. The molecule has 152 valence electrons. The maximum absolute atomic E-state index is 12.5. The molecular weight excluding hydrogens is 400 g/mol. The Morgan fingerprint density at radius 3 is 2.70 bits per heavy atom. The van der Waals surface area contributed by atoms with Gasteiger partial charge < -0.3 is 14.5 Å². The fourth-order valence-corrected chi connectivity index (χ4v) is 3.64. The van der Waals surface area contributed by atoms with Crippen LogP contribution in [0.4, 0.5) is 5.69 Å². The number of aryl methyl sites for hydroxylation is 1. The van der Waals surface area contributed by atoms with E-state index in [4.69, 9.17) is 9.15 Å². The molecular formula is C22H20N4O3S. The first-order valence-electron chi connectivity index (χ1n) is 9.27. The van der Waals surface area contributed by atoms with Crippen LogP contribution in [-0.2, 0) is 4.79 Å². The van der Waals surface area contributed by atoms with Crippen LogP contribution in [0, 0.1) is 6.92 Å². The third-order valence-corrected chi connectivity index (χ3v) is 5.28. The normalized spacial score (nSPS) is 10.7. The second-order valence-electron chi connectivity index (χ2n) is 6.52. The summed E-state index contributed by atoms with van der Waals surface area (Å²) in [5, 5.41) is 12.1. The number of carbonyl (C=O) groups excluding carboxylic acids is 1. The van der Waals surface area contributed by atoms with Crippen LogP contribution < -0.4 is 10.1 Å². The minimum Gasteiger partial charge on any atom is -0.497 e. The minimum absolute atomic E-state index is 0.147. The molecule has 2 heterocycles. The van der Waals surface area contributed by atoms with Crippen molar-refractivity contribution >= 4 is 23.4 Å². The van der Waals surface area contributed by atoms with Gasteiger partial charge in [-0.3, -0.25) is 9.36 Å². The molecule has 0 aliphatic carbocycles. The number of ether oxygens (including phenoxy) is 1. The Morgan fingerprint density at radius 1 is 1.13 bits per heavy atom. The predicted octanol–water partition coefficient (Wildman–Crippen LogP) is 4.58. The van der Waals surface area contributed by atoms with Crippen LogP contribution >= 0.6 is 11.8 Å². The van der Waals surface area contributed by atoms with E-state index in [1.807, 2.05) is 60.0 Å². The van der Waals surface area contributed by atoms with Crippen molar-refractivity contribution in [3.63, 3.8) is 0 Å². The summed E-state index contributed by atoms with van der Waals surface area (Å²) in [6, 6.07) is 18.9. The molecule has 4 rings (SSSR count). The number of rotatable bonds is 7. The molecule has 0 atom stereocenters. The summed E-state index contributed by atoms with van der Waals surface area (Å²) in [6.45, 7) is 2.03. The van der Waals surface area contributed by atoms with Crippen molar-refractivity contribution in [2.75, 3.05) is 18.2 Å². The molecule has 2 aromatic carbocycles. The van der Waals surface area contributed by atoms with E-state index in [1.165, 1.54) is 11.8 Å². The summed E-state index contributed by atoms with van der Waals surface area (Å²) in [7, 11) is 1.59. The van der Waals surface area contributed by atoms with Crippen molar-refractivity contribution in [1.82, 2.24) is 14.8 Å². The lowest BCUT2D eigenvalue weighted by Gasteiger charge is -2.10. The summed E-state index contributed by atoms with van der Waals surface area (Å²) in [6.07, 6.45) is 1.60. The molecule has 30 heavy (non-hydrogen) atoms. The smallest absolute Gasteiger partial charge is 0.234 e. The molecule has 0 radical (unpaired) electrons. The number of thioether (sulfide) groups is 1.